The number of benzene rings is 1. The molecule has 21 heavy (non-hydrogen) atoms. The minimum Gasteiger partial charge on any atom is -0.294 e. The van der Waals surface area contributed by atoms with Crippen LogP contribution in [0, 0.1) is 0 Å². The molecule has 8 heteroatoms. The topological polar surface area (TPSA) is 17.1 Å². The van der Waals surface area contributed by atoms with Gasteiger partial charge >= 0.3 is 12.4 Å². The van der Waals surface area contributed by atoms with Crippen LogP contribution in [0.5, 0.6) is 0 Å². The molecular formula is C13H11F7O. The fourth-order valence-corrected chi connectivity index (χ4v) is 1.71. The van der Waals surface area contributed by atoms with E-state index in [1.807, 2.05) is 0 Å². The lowest BCUT2D eigenvalue weighted by Crippen LogP contribution is -2.53. The molecule has 0 unspecified atom stereocenters. The monoisotopic (exact) mass is 316 g/mol. The van der Waals surface area contributed by atoms with E-state index in [0.717, 1.165) is 0 Å². The van der Waals surface area contributed by atoms with Gasteiger partial charge in [-0.2, -0.15) is 26.3 Å². The highest BCUT2D eigenvalue weighted by molar-refractivity contribution is 5.95. The molecule has 0 aliphatic carbocycles. The third-order valence-electron chi connectivity index (χ3n) is 2.92. The van der Waals surface area contributed by atoms with Gasteiger partial charge in [-0.1, -0.05) is 30.3 Å². The molecule has 0 saturated heterocycles. The smallest absolute Gasteiger partial charge is 0.294 e. The first-order valence-corrected chi connectivity index (χ1v) is 5.89. The summed E-state index contributed by atoms with van der Waals surface area (Å²) < 4.78 is 86.9. The Kier molecular flexibility index (Phi) is 5.01. The molecule has 0 N–H and O–H groups in total. The third-order valence-corrected chi connectivity index (χ3v) is 2.92. The van der Waals surface area contributed by atoms with E-state index in [-0.39, 0.29) is 5.56 Å². The molecule has 0 amide bonds. The number of Topliss-reactive ketones (excluding diaryl/α,β-unsaturated/α-hetero) is 1. The van der Waals surface area contributed by atoms with Crippen molar-refractivity contribution in [1.82, 2.24) is 0 Å². The number of alkyl halides is 7. The van der Waals surface area contributed by atoms with E-state index in [9.17, 15) is 35.5 Å². The van der Waals surface area contributed by atoms with Crippen LogP contribution in [0.4, 0.5) is 30.7 Å². The SMILES string of the molecule is O=C(CCCC(F)(C(F)(F)F)C(F)(F)F)c1ccccc1. The van der Waals surface area contributed by atoms with Crippen molar-refractivity contribution in [3.8, 4) is 0 Å². The zero-order valence-electron chi connectivity index (χ0n) is 10.6. The number of carbonyl (C=O) groups is 1. The van der Waals surface area contributed by atoms with Crippen LogP contribution in [0.3, 0.4) is 0 Å². The fraction of sp³-hybridized carbons (Fsp3) is 0.462. The Morgan fingerprint density at radius 1 is 0.857 bits per heavy atom. The summed E-state index contributed by atoms with van der Waals surface area (Å²) in [6.07, 6.45) is -15.4. The molecule has 118 valence electrons. The van der Waals surface area contributed by atoms with Crippen LogP contribution in [0.25, 0.3) is 0 Å². The van der Waals surface area contributed by atoms with Gasteiger partial charge in [0.05, 0.1) is 0 Å². The Hall–Kier alpha value is -1.60. The van der Waals surface area contributed by atoms with E-state index < -0.39 is 43.1 Å². The maximum absolute atomic E-state index is 13.3. The molecule has 0 spiro atoms. The molecule has 1 rings (SSSR count). The largest absolute Gasteiger partial charge is 0.431 e. The highest BCUT2D eigenvalue weighted by Crippen LogP contribution is 2.49. The second kappa shape index (κ2) is 6.03. The maximum atomic E-state index is 13.3. The van der Waals surface area contributed by atoms with Gasteiger partial charge in [-0.05, 0) is 6.42 Å². The van der Waals surface area contributed by atoms with Crippen LogP contribution >= 0.6 is 0 Å². The molecule has 0 saturated carbocycles. The van der Waals surface area contributed by atoms with E-state index in [1.165, 1.54) is 24.3 Å². The zero-order chi connectivity index (χ0) is 16.3. The van der Waals surface area contributed by atoms with Gasteiger partial charge in [-0.3, -0.25) is 4.79 Å². The molecule has 0 aliphatic rings. The Bertz CT molecular complexity index is 462. The van der Waals surface area contributed by atoms with E-state index in [2.05, 4.69) is 0 Å². The van der Waals surface area contributed by atoms with Gasteiger partial charge in [0.1, 0.15) is 0 Å². The first-order chi connectivity index (χ1) is 9.49. The summed E-state index contributed by atoms with van der Waals surface area (Å²) in [7, 11) is 0. The minimum absolute atomic E-state index is 0.154. The molecule has 1 nitrogen and oxygen atoms in total. The number of ketones is 1. The average molecular weight is 316 g/mol. The summed E-state index contributed by atoms with van der Waals surface area (Å²) in [5.74, 6) is -0.637. The summed E-state index contributed by atoms with van der Waals surface area (Å²) in [5.41, 5.74) is -5.14. The van der Waals surface area contributed by atoms with Crippen molar-refractivity contribution in [2.45, 2.75) is 37.3 Å². The molecule has 0 fully saturated rings. The Morgan fingerprint density at radius 2 is 1.33 bits per heavy atom. The summed E-state index contributed by atoms with van der Waals surface area (Å²) in [5, 5.41) is 0. The van der Waals surface area contributed by atoms with Crippen molar-refractivity contribution in [2.24, 2.45) is 0 Å². The van der Waals surface area contributed by atoms with Crippen molar-refractivity contribution in [3.05, 3.63) is 35.9 Å². The van der Waals surface area contributed by atoms with E-state index in [0.29, 0.717) is 0 Å². The molecule has 0 bridgehead atoms. The lowest BCUT2D eigenvalue weighted by Gasteiger charge is -2.29. The molecule has 1 aromatic rings. The van der Waals surface area contributed by atoms with Crippen molar-refractivity contribution < 1.29 is 35.5 Å². The first-order valence-electron chi connectivity index (χ1n) is 5.89. The van der Waals surface area contributed by atoms with Gasteiger partial charge in [-0.25, -0.2) is 4.39 Å². The summed E-state index contributed by atoms with van der Waals surface area (Å²) >= 11 is 0. The lowest BCUT2D eigenvalue weighted by molar-refractivity contribution is -0.343. The van der Waals surface area contributed by atoms with E-state index >= 15 is 0 Å². The molecule has 0 aromatic heterocycles. The number of halogens is 7. The van der Waals surface area contributed by atoms with E-state index in [4.69, 9.17) is 0 Å². The van der Waals surface area contributed by atoms with Crippen LogP contribution in [0.2, 0.25) is 0 Å². The van der Waals surface area contributed by atoms with Crippen LogP contribution in [0.15, 0.2) is 30.3 Å². The number of rotatable bonds is 5. The van der Waals surface area contributed by atoms with Gasteiger partial charge in [0.25, 0.3) is 5.67 Å². The van der Waals surface area contributed by atoms with Gasteiger partial charge in [0.2, 0.25) is 0 Å². The van der Waals surface area contributed by atoms with Crippen molar-refractivity contribution in [3.63, 3.8) is 0 Å². The number of hydrogen-bond acceptors (Lipinski definition) is 1. The van der Waals surface area contributed by atoms with Crippen molar-refractivity contribution >= 4 is 5.78 Å². The molecule has 1 aromatic carbocycles. The summed E-state index contributed by atoms with van der Waals surface area (Å²) in [6.45, 7) is 0. The highest BCUT2D eigenvalue weighted by atomic mass is 19.4. The molecule has 0 heterocycles. The zero-order valence-corrected chi connectivity index (χ0v) is 10.6. The Balaban J connectivity index is 2.70. The van der Waals surface area contributed by atoms with E-state index in [1.54, 1.807) is 6.07 Å². The molecular weight excluding hydrogens is 305 g/mol. The average Bonchev–Trinajstić information content (AvgIpc) is 2.36. The predicted molar refractivity (Wildman–Crippen MR) is 60.6 cm³/mol. The van der Waals surface area contributed by atoms with Gasteiger partial charge in [0.15, 0.2) is 5.78 Å². The Morgan fingerprint density at radius 3 is 1.76 bits per heavy atom. The lowest BCUT2D eigenvalue weighted by atomic mass is 9.95. The van der Waals surface area contributed by atoms with Crippen molar-refractivity contribution in [1.29, 1.82) is 0 Å². The van der Waals surface area contributed by atoms with Gasteiger partial charge in [0, 0.05) is 18.4 Å². The van der Waals surface area contributed by atoms with Gasteiger partial charge < -0.3 is 0 Å². The van der Waals surface area contributed by atoms with Crippen LogP contribution in [0.1, 0.15) is 29.6 Å². The van der Waals surface area contributed by atoms with Crippen molar-refractivity contribution in [2.75, 3.05) is 0 Å². The molecule has 0 radical (unpaired) electrons. The standard InChI is InChI=1S/C13H11F7O/c14-11(12(15,16)17,13(18,19)20)8-4-7-10(21)9-5-2-1-3-6-9/h1-3,5-6H,4,7-8H2. The van der Waals surface area contributed by atoms with Crippen LogP contribution in [-0.4, -0.2) is 23.8 Å². The first kappa shape index (κ1) is 17.5. The van der Waals surface area contributed by atoms with Crippen LogP contribution < -0.4 is 0 Å². The maximum Gasteiger partial charge on any atom is 0.431 e. The summed E-state index contributed by atoms with van der Waals surface area (Å²) in [6, 6.07) is 7.34. The number of carbonyl (C=O) groups excluding carboxylic acids is 1. The molecule has 0 atom stereocenters. The second-order valence-corrected chi connectivity index (χ2v) is 4.44. The summed E-state index contributed by atoms with van der Waals surface area (Å²) in [4.78, 5) is 11.5. The second-order valence-electron chi connectivity index (χ2n) is 4.44. The van der Waals surface area contributed by atoms with Gasteiger partial charge in [-0.15, -0.1) is 0 Å². The highest BCUT2D eigenvalue weighted by Gasteiger charge is 2.71. The normalized spacial score (nSPS) is 13.3. The van der Waals surface area contributed by atoms with Crippen LogP contribution in [-0.2, 0) is 0 Å². The quantitative estimate of drug-likeness (QED) is 0.559. The molecule has 0 aliphatic heterocycles. The minimum atomic E-state index is -6.07. The fourth-order valence-electron chi connectivity index (χ4n) is 1.71. The predicted octanol–water partition coefficient (Wildman–Crippen LogP) is 4.87. The number of hydrogen-bond donors (Lipinski definition) is 0. The Labute approximate surface area is 115 Å². The third kappa shape index (κ3) is 3.95.